The molecule has 3 amide bonds. The van der Waals surface area contributed by atoms with Crippen LogP contribution < -0.4 is 20.6 Å². The maximum Gasteiger partial charge on any atom is 0.433 e. The molecule has 1 unspecified atom stereocenters. The quantitative estimate of drug-likeness (QED) is 0.209. The van der Waals surface area contributed by atoms with Crippen molar-refractivity contribution in [3.8, 4) is 5.75 Å². The van der Waals surface area contributed by atoms with Crippen molar-refractivity contribution in [1.29, 1.82) is 0 Å². The Hall–Kier alpha value is -5.71. The van der Waals surface area contributed by atoms with E-state index in [2.05, 4.69) is 20.1 Å². The first-order chi connectivity index (χ1) is 27.3. The number of nitrogens with one attached hydrogen (secondary N) is 1. The lowest BCUT2D eigenvalue weighted by atomic mass is 9.85. The lowest BCUT2D eigenvalue weighted by Crippen LogP contribution is -2.48. The zero-order chi connectivity index (χ0) is 40.2. The number of piperazine rings is 1. The van der Waals surface area contributed by atoms with Gasteiger partial charge in [0.2, 0.25) is 5.91 Å². The summed E-state index contributed by atoms with van der Waals surface area (Å²) in [4.78, 5) is 61.0. The fourth-order valence-electron chi connectivity index (χ4n) is 8.68. The van der Waals surface area contributed by atoms with Gasteiger partial charge in [0.05, 0.1) is 29.7 Å². The summed E-state index contributed by atoms with van der Waals surface area (Å²) in [5.74, 6) is -0.158. The summed E-state index contributed by atoms with van der Waals surface area (Å²) >= 11 is 0. The second kappa shape index (κ2) is 15.0. The third-order valence-electron chi connectivity index (χ3n) is 11.8. The second-order valence-electron chi connectivity index (χ2n) is 15.2. The zero-order valence-corrected chi connectivity index (χ0v) is 32.0. The number of rotatable bonds is 8. The molecule has 3 aliphatic rings. The van der Waals surface area contributed by atoms with E-state index in [9.17, 15) is 32.3 Å². The van der Waals surface area contributed by atoms with E-state index in [-0.39, 0.29) is 42.1 Å². The number of alkyl halides is 3. The summed E-state index contributed by atoms with van der Waals surface area (Å²) in [7, 11) is 4.80. The van der Waals surface area contributed by atoms with Gasteiger partial charge in [0.15, 0.2) is 0 Å². The molecule has 3 fully saturated rings. The Kier molecular flexibility index (Phi) is 10.0. The minimum Gasteiger partial charge on any atom is -0.494 e. The Morgan fingerprint density at radius 2 is 1.70 bits per heavy atom. The molecule has 3 aromatic heterocycles. The van der Waals surface area contributed by atoms with E-state index in [1.165, 1.54) is 17.7 Å². The van der Waals surface area contributed by atoms with E-state index in [0.717, 1.165) is 92.0 Å². The number of likely N-dealkylation sites (tertiary alicyclic amines) is 1. The Balaban J connectivity index is 0.882. The first-order valence-electron chi connectivity index (χ1n) is 19.2. The first-order valence-corrected chi connectivity index (χ1v) is 19.2. The van der Waals surface area contributed by atoms with Crippen molar-refractivity contribution in [3.63, 3.8) is 0 Å². The first kappa shape index (κ1) is 38.2. The van der Waals surface area contributed by atoms with Crippen LogP contribution in [0.2, 0.25) is 0 Å². The van der Waals surface area contributed by atoms with Crippen molar-refractivity contribution in [2.75, 3.05) is 57.1 Å². The van der Waals surface area contributed by atoms with Gasteiger partial charge in [-0.15, -0.1) is 0 Å². The number of hydrogen-bond donors (Lipinski definition) is 1. The Labute approximate surface area is 325 Å². The van der Waals surface area contributed by atoms with Crippen molar-refractivity contribution >= 4 is 51.0 Å². The van der Waals surface area contributed by atoms with E-state index in [0.29, 0.717) is 28.4 Å². The van der Waals surface area contributed by atoms with Crippen LogP contribution in [0.3, 0.4) is 0 Å². The number of hydrogen-bond acceptors (Lipinski definition) is 9. The molecule has 2 saturated heterocycles. The maximum absolute atomic E-state index is 13.7. The van der Waals surface area contributed by atoms with Gasteiger partial charge in [-0.05, 0) is 80.5 Å². The third kappa shape index (κ3) is 7.24. The third-order valence-corrected chi connectivity index (χ3v) is 11.8. The number of piperidine rings is 1. The predicted molar refractivity (Wildman–Crippen MR) is 206 cm³/mol. The average molecular weight is 788 g/mol. The zero-order valence-electron chi connectivity index (χ0n) is 32.0. The van der Waals surface area contributed by atoms with E-state index in [1.54, 1.807) is 36.9 Å². The fourth-order valence-corrected chi connectivity index (χ4v) is 8.68. The van der Waals surface area contributed by atoms with E-state index < -0.39 is 23.8 Å². The molecule has 0 radical (unpaired) electrons. The minimum atomic E-state index is -4.65. The number of nitrogens with zero attached hydrogens (tertiary/aromatic N) is 8. The number of ether oxygens (including phenoxy) is 1. The lowest BCUT2D eigenvalue weighted by molar-refractivity contribution is -0.149. The SMILES string of the molecule is COc1ccc2c(c1N1CCN(CC3CCC(n4cc5cc(NC(=O)c6cccc(C(F)(F)F)n6)ccc5n4)CC3)CC1)n(C)c(=O)n2C1CCC(=O)N(C)C1=O. The molecule has 8 rings (SSSR count). The van der Waals surface area contributed by atoms with Crippen LogP contribution in [0.25, 0.3) is 21.9 Å². The van der Waals surface area contributed by atoms with Crippen LogP contribution >= 0.6 is 0 Å². The maximum atomic E-state index is 13.7. The van der Waals surface area contributed by atoms with Gasteiger partial charge in [-0.2, -0.15) is 18.3 Å². The van der Waals surface area contributed by atoms with E-state index >= 15 is 0 Å². The summed E-state index contributed by atoms with van der Waals surface area (Å²) < 4.78 is 50.2. The lowest BCUT2D eigenvalue weighted by Gasteiger charge is -2.39. The standard InChI is InChI=1S/C40H44F3N9O5/c1-47-34(53)16-14-31(38(47)55)52-30-13-15-32(57-3)36(35(30)48(2)39(52)56)50-19-17-49(18-20-50)22-24-7-10-27(11-8-24)51-23-25-21-26(9-12-28(25)46-51)44-37(54)29-5-4-6-33(45-29)40(41,42)43/h4-6,9,12-13,15,21,23-24,27,31H,7-8,10-11,14,16-20,22H2,1-3H3,(H,44,54). The van der Waals surface area contributed by atoms with Crippen molar-refractivity contribution in [3.05, 3.63) is 76.6 Å². The van der Waals surface area contributed by atoms with Crippen LogP contribution in [0.1, 0.15) is 66.8 Å². The molecule has 1 atom stereocenters. The smallest absolute Gasteiger partial charge is 0.433 e. The number of imidazole rings is 1. The topological polar surface area (TPSA) is 140 Å². The molecule has 2 aromatic carbocycles. The van der Waals surface area contributed by atoms with Gasteiger partial charge in [-0.3, -0.25) is 38.0 Å². The number of likely N-dealkylation sites (N-methyl/N-ethyl adjacent to an activating group) is 1. The highest BCUT2D eigenvalue weighted by Gasteiger charge is 2.37. The number of benzene rings is 2. The second-order valence-corrected chi connectivity index (χ2v) is 15.2. The Morgan fingerprint density at radius 1 is 0.947 bits per heavy atom. The summed E-state index contributed by atoms with van der Waals surface area (Å²) in [6, 6.07) is 11.6. The number of pyridine rings is 1. The number of methoxy groups -OCH3 is 1. The predicted octanol–water partition coefficient (Wildman–Crippen LogP) is 5.24. The van der Waals surface area contributed by atoms with Gasteiger partial charge in [-0.1, -0.05) is 6.07 Å². The molecule has 0 bridgehead atoms. The van der Waals surface area contributed by atoms with E-state index in [1.807, 2.05) is 23.0 Å². The number of amides is 3. The average Bonchev–Trinajstić information content (AvgIpc) is 3.74. The van der Waals surface area contributed by atoms with Crippen molar-refractivity contribution < 1.29 is 32.3 Å². The van der Waals surface area contributed by atoms with Crippen molar-refractivity contribution in [2.45, 2.75) is 56.8 Å². The summed E-state index contributed by atoms with van der Waals surface area (Å²) in [5.41, 5.74) is 1.63. The van der Waals surface area contributed by atoms with E-state index in [4.69, 9.17) is 9.84 Å². The van der Waals surface area contributed by atoms with Crippen molar-refractivity contribution in [1.82, 2.24) is 33.7 Å². The molecule has 5 aromatic rings. The largest absolute Gasteiger partial charge is 0.494 e. The molecule has 300 valence electrons. The molecular formula is C40H44F3N9O5. The summed E-state index contributed by atoms with van der Waals surface area (Å²) in [6.07, 6.45) is 1.84. The monoisotopic (exact) mass is 787 g/mol. The van der Waals surface area contributed by atoms with Gasteiger partial charge < -0.3 is 15.0 Å². The van der Waals surface area contributed by atoms with Crippen LogP contribution in [0.5, 0.6) is 5.75 Å². The number of aryl methyl sites for hydroxylation is 1. The van der Waals surface area contributed by atoms with Crippen LogP contribution in [0.4, 0.5) is 24.5 Å². The number of halogens is 3. The van der Waals surface area contributed by atoms with Gasteiger partial charge in [0.25, 0.3) is 11.8 Å². The normalized spacial score (nSPS) is 21.1. The molecule has 14 nitrogen and oxygen atoms in total. The highest BCUT2D eigenvalue weighted by Crippen LogP contribution is 2.39. The molecule has 1 aliphatic carbocycles. The number of fused-ring (bicyclic) bond motifs is 2. The van der Waals surface area contributed by atoms with Gasteiger partial charge >= 0.3 is 11.9 Å². The van der Waals surface area contributed by atoms with Gasteiger partial charge in [0.1, 0.15) is 28.9 Å². The minimum absolute atomic E-state index is 0.198. The highest BCUT2D eigenvalue weighted by molar-refractivity contribution is 6.04. The van der Waals surface area contributed by atoms with Gasteiger partial charge in [-0.25, -0.2) is 9.78 Å². The highest BCUT2D eigenvalue weighted by atomic mass is 19.4. The molecule has 57 heavy (non-hydrogen) atoms. The molecule has 17 heteroatoms. The molecule has 1 saturated carbocycles. The van der Waals surface area contributed by atoms with Crippen LogP contribution in [-0.4, -0.2) is 98.3 Å². The van der Waals surface area contributed by atoms with Crippen LogP contribution in [-0.2, 0) is 22.8 Å². The Morgan fingerprint density at radius 3 is 2.42 bits per heavy atom. The molecule has 2 aliphatic heterocycles. The fraction of sp³-hybridized carbons (Fsp3) is 0.450. The van der Waals surface area contributed by atoms with Gasteiger partial charge in [0, 0.05) is 70.5 Å². The molecular weight excluding hydrogens is 743 g/mol. The summed E-state index contributed by atoms with van der Waals surface area (Å²) in [6.45, 7) is 4.15. The number of aromatic nitrogens is 5. The van der Waals surface area contributed by atoms with Crippen LogP contribution in [0, 0.1) is 5.92 Å². The Bertz CT molecular complexity index is 2420. The number of carbonyl (C=O) groups is 3. The molecule has 5 heterocycles. The molecule has 0 spiro atoms. The molecule has 1 N–H and O–H groups in total. The number of imide groups is 1. The number of anilines is 2. The number of carbonyl (C=O) groups excluding carboxylic acids is 3. The van der Waals surface area contributed by atoms with Crippen molar-refractivity contribution in [2.24, 2.45) is 13.0 Å². The summed E-state index contributed by atoms with van der Waals surface area (Å²) in [5, 5.41) is 8.28. The van der Waals surface area contributed by atoms with Crippen LogP contribution in [0.15, 0.2) is 59.5 Å².